The van der Waals surface area contributed by atoms with Gasteiger partial charge in [0.1, 0.15) is 11.5 Å². The Kier molecular flexibility index (Phi) is 9.66. The first-order valence-corrected chi connectivity index (χ1v) is 10.0. The lowest BCUT2D eigenvalue weighted by atomic mass is 9.97. The number of phenols is 2. The average molecular weight is 403 g/mol. The number of benzene rings is 1. The maximum atomic E-state index is 12.4. The van der Waals surface area contributed by atoms with Crippen molar-refractivity contribution in [2.75, 3.05) is 0 Å². The van der Waals surface area contributed by atoms with E-state index in [-0.39, 0.29) is 23.2 Å². The third kappa shape index (κ3) is 8.55. The fraction of sp³-hybridized carbons (Fsp3) is 0.500. The smallest absolute Gasteiger partial charge is 0.303 e. The van der Waals surface area contributed by atoms with Crippen molar-refractivity contribution in [1.82, 2.24) is 0 Å². The van der Waals surface area contributed by atoms with Crippen LogP contribution in [0, 0.1) is 12.8 Å². The molecule has 0 aliphatic rings. The predicted molar refractivity (Wildman–Crippen MR) is 115 cm³/mol. The average Bonchev–Trinajstić information content (AvgIpc) is 2.57. The molecule has 1 atom stereocenters. The molecule has 0 aliphatic carbocycles. The summed E-state index contributed by atoms with van der Waals surface area (Å²) in [5.41, 5.74) is 3.16. The van der Waals surface area contributed by atoms with Gasteiger partial charge >= 0.3 is 5.97 Å². The molecule has 0 amide bonds. The van der Waals surface area contributed by atoms with E-state index in [1.54, 1.807) is 12.1 Å². The third-order valence-corrected chi connectivity index (χ3v) is 4.61. The number of carbonyl (C=O) groups is 2. The van der Waals surface area contributed by atoms with Crippen LogP contribution in [-0.2, 0) is 20.7 Å². The lowest BCUT2D eigenvalue weighted by Gasteiger charge is -2.18. The molecule has 0 spiro atoms. The van der Waals surface area contributed by atoms with Crippen LogP contribution in [0.4, 0.5) is 0 Å². The van der Waals surface area contributed by atoms with E-state index in [0.717, 1.165) is 23.1 Å². The van der Waals surface area contributed by atoms with Crippen molar-refractivity contribution in [3.05, 3.63) is 46.6 Å². The second-order valence-electron chi connectivity index (χ2n) is 8.08. The molecule has 0 radical (unpaired) electrons. The number of allylic oxidation sites excluding steroid dienone is 3. The Bertz CT molecular complexity index is 763. The number of carbonyl (C=O) groups excluding carboxylic acids is 2. The molecule has 0 fully saturated rings. The van der Waals surface area contributed by atoms with Crippen LogP contribution in [0.2, 0.25) is 0 Å². The van der Waals surface area contributed by atoms with Crippen molar-refractivity contribution in [3.63, 3.8) is 0 Å². The maximum absolute atomic E-state index is 12.4. The summed E-state index contributed by atoms with van der Waals surface area (Å²) in [5, 5.41) is 20.0. The highest BCUT2D eigenvalue weighted by molar-refractivity contribution is 5.88. The highest BCUT2D eigenvalue weighted by Gasteiger charge is 2.23. The molecule has 160 valence electrons. The molecule has 1 unspecified atom stereocenters. The number of ketones is 1. The summed E-state index contributed by atoms with van der Waals surface area (Å²) in [6.07, 6.45) is 5.36. The molecule has 0 saturated carbocycles. The number of hydrogen-bond donors (Lipinski definition) is 2. The summed E-state index contributed by atoms with van der Waals surface area (Å²) in [4.78, 5) is 23.8. The molecule has 1 rings (SSSR count). The Morgan fingerprint density at radius 2 is 1.66 bits per heavy atom. The lowest BCUT2D eigenvalue weighted by molar-refractivity contribution is -0.151. The summed E-state index contributed by atoms with van der Waals surface area (Å²) in [6, 6.07) is 3.27. The minimum Gasteiger partial charge on any atom is -0.508 e. The fourth-order valence-electron chi connectivity index (χ4n) is 3.09. The van der Waals surface area contributed by atoms with E-state index in [1.807, 2.05) is 46.8 Å². The third-order valence-electron chi connectivity index (χ3n) is 4.61. The molecule has 0 aromatic heterocycles. The van der Waals surface area contributed by atoms with Crippen molar-refractivity contribution in [1.29, 1.82) is 0 Å². The molecule has 2 N–H and O–H groups in total. The molecular weight excluding hydrogens is 368 g/mol. The fourth-order valence-corrected chi connectivity index (χ4v) is 3.09. The Morgan fingerprint density at radius 3 is 2.17 bits per heavy atom. The second-order valence-corrected chi connectivity index (χ2v) is 8.08. The number of ether oxygens (including phenoxy) is 1. The van der Waals surface area contributed by atoms with Gasteiger partial charge in [-0.3, -0.25) is 9.59 Å². The topological polar surface area (TPSA) is 83.8 Å². The number of phenolic OH excluding ortho intramolecular Hbond substituents is 2. The molecule has 0 aliphatic heterocycles. The van der Waals surface area contributed by atoms with Gasteiger partial charge in [-0.05, 0) is 69.2 Å². The van der Waals surface area contributed by atoms with Gasteiger partial charge in [-0.25, -0.2) is 0 Å². The molecule has 5 heteroatoms. The first kappa shape index (κ1) is 24.5. The molecule has 5 nitrogen and oxygen atoms in total. The zero-order valence-electron chi connectivity index (χ0n) is 18.4. The van der Waals surface area contributed by atoms with Crippen LogP contribution in [-0.4, -0.2) is 28.1 Å². The van der Waals surface area contributed by atoms with E-state index in [0.29, 0.717) is 24.8 Å². The van der Waals surface area contributed by atoms with E-state index >= 15 is 0 Å². The van der Waals surface area contributed by atoms with Gasteiger partial charge in [-0.1, -0.05) is 31.6 Å². The van der Waals surface area contributed by atoms with Crippen molar-refractivity contribution in [2.45, 2.75) is 73.3 Å². The zero-order valence-corrected chi connectivity index (χ0v) is 18.4. The quantitative estimate of drug-likeness (QED) is 0.417. The van der Waals surface area contributed by atoms with Crippen molar-refractivity contribution >= 4 is 11.8 Å². The van der Waals surface area contributed by atoms with Crippen LogP contribution in [0.1, 0.15) is 65.0 Å². The van der Waals surface area contributed by atoms with Gasteiger partial charge in [0, 0.05) is 18.9 Å². The number of aryl methyl sites for hydroxylation is 1. The first-order valence-electron chi connectivity index (χ1n) is 10.0. The normalized spacial score (nSPS) is 13.5. The SMILES string of the molecule is CC(=O)OC(C(=O)CC(C)C)/C(C)=C/CC/C(C)=C/Cc1c(O)cc(C)cc1O. The summed E-state index contributed by atoms with van der Waals surface area (Å²) in [6.45, 7) is 10.8. The highest BCUT2D eigenvalue weighted by atomic mass is 16.5. The minimum atomic E-state index is -0.819. The molecule has 0 heterocycles. The van der Waals surface area contributed by atoms with Crippen LogP contribution in [0.5, 0.6) is 11.5 Å². The molecule has 0 saturated heterocycles. The van der Waals surface area contributed by atoms with E-state index in [1.165, 1.54) is 6.92 Å². The summed E-state index contributed by atoms with van der Waals surface area (Å²) in [5.74, 6) is -0.159. The number of aromatic hydroxyl groups is 2. The zero-order chi connectivity index (χ0) is 22.1. The van der Waals surface area contributed by atoms with E-state index in [4.69, 9.17) is 4.74 Å². The van der Waals surface area contributed by atoms with Gasteiger partial charge < -0.3 is 14.9 Å². The Labute approximate surface area is 174 Å². The van der Waals surface area contributed by atoms with E-state index < -0.39 is 12.1 Å². The Morgan fingerprint density at radius 1 is 1.07 bits per heavy atom. The number of hydrogen-bond acceptors (Lipinski definition) is 5. The Balaban J connectivity index is 2.74. The van der Waals surface area contributed by atoms with Crippen molar-refractivity contribution < 1.29 is 24.5 Å². The van der Waals surface area contributed by atoms with Gasteiger partial charge in [0.25, 0.3) is 0 Å². The summed E-state index contributed by atoms with van der Waals surface area (Å²) < 4.78 is 5.25. The predicted octanol–water partition coefficient (Wildman–Crippen LogP) is 5.17. The largest absolute Gasteiger partial charge is 0.508 e. The molecular formula is C24H34O5. The van der Waals surface area contributed by atoms with Gasteiger partial charge in [0.15, 0.2) is 11.9 Å². The molecule has 0 bridgehead atoms. The molecule has 1 aromatic rings. The molecule has 1 aromatic carbocycles. The Hall–Kier alpha value is -2.56. The van der Waals surface area contributed by atoms with Crippen LogP contribution >= 0.6 is 0 Å². The highest BCUT2D eigenvalue weighted by Crippen LogP contribution is 2.29. The number of rotatable bonds is 10. The summed E-state index contributed by atoms with van der Waals surface area (Å²) >= 11 is 0. The van der Waals surface area contributed by atoms with Crippen LogP contribution < -0.4 is 0 Å². The molecule has 29 heavy (non-hydrogen) atoms. The van der Waals surface area contributed by atoms with Crippen molar-refractivity contribution in [3.8, 4) is 11.5 Å². The lowest BCUT2D eigenvalue weighted by Crippen LogP contribution is -2.28. The maximum Gasteiger partial charge on any atom is 0.303 e. The first-order chi connectivity index (χ1) is 13.5. The van der Waals surface area contributed by atoms with Gasteiger partial charge in [-0.15, -0.1) is 0 Å². The van der Waals surface area contributed by atoms with Crippen LogP contribution in [0.3, 0.4) is 0 Å². The van der Waals surface area contributed by atoms with Gasteiger partial charge in [-0.2, -0.15) is 0 Å². The van der Waals surface area contributed by atoms with Gasteiger partial charge in [0.05, 0.1) is 0 Å². The minimum absolute atomic E-state index is 0.0819. The van der Waals surface area contributed by atoms with Crippen molar-refractivity contribution in [2.24, 2.45) is 5.92 Å². The van der Waals surface area contributed by atoms with Crippen LogP contribution in [0.25, 0.3) is 0 Å². The van der Waals surface area contributed by atoms with Gasteiger partial charge in [0.2, 0.25) is 0 Å². The van der Waals surface area contributed by atoms with E-state index in [9.17, 15) is 19.8 Å². The van der Waals surface area contributed by atoms with E-state index in [2.05, 4.69) is 0 Å². The second kappa shape index (κ2) is 11.4. The monoisotopic (exact) mass is 402 g/mol. The van der Waals surface area contributed by atoms with Crippen LogP contribution in [0.15, 0.2) is 35.4 Å². The standard InChI is InChI=1S/C24H34O5/c1-15(2)12-23(28)24(29-19(6)25)18(5)9-7-8-16(3)10-11-20-21(26)13-17(4)14-22(20)27/h9-10,13-15,24,26-27H,7-8,11-12H2,1-6H3/b16-10+,18-9+. The number of Topliss-reactive ketones (excluding diaryl/α,β-unsaturated/α-hetero) is 1. The summed E-state index contributed by atoms with van der Waals surface area (Å²) in [7, 11) is 0. The number of esters is 1.